The lowest BCUT2D eigenvalue weighted by Gasteiger charge is -2.06. The molecule has 0 bridgehead atoms. The van der Waals surface area contributed by atoms with Crippen LogP contribution in [0.15, 0.2) is 35.8 Å². The zero-order chi connectivity index (χ0) is 12.8. The quantitative estimate of drug-likeness (QED) is 0.904. The molecule has 0 unspecified atom stereocenters. The average Bonchev–Trinajstić information content (AvgIpc) is 2.84. The molecule has 0 atom stereocenters. The van der Waals surface area contributed by atoms with Crippen LogP contribution in [-0.2, 0) is 6.42 Å². The highest BCUT2D eigenvalue weighted by atomic mass is 35.5. The Bertz CT molecular complexity index is 516. The minimum absolute atomic E-state index is 0.253. The van der Waals surface area contributed by atoms with E-state index >= 15 is 0 Å². The van der Waals surface area contributed by atoms with E-state index in [0.717, 1.165) is 10.6 Å². The van der Waals surface area contributed by atoms with Gasteiger partial charge in [-0.1, -0.05) is 29.8 Å². The van der Waals surface area contributed by atoms with E-state index in [0.29, 0.717) is 18.1 Å². The van der Waals surface area contributed by atoms with E-state index in [4.69, 9.17) is 11.6 Å². The monoisotopic (exact) mass is 281 g/mol. The van der Waals surface area contributed by atoms with Gasteiger partial charge in [0.15, 0.2) is 5.13 Å². The van der Waals surface area contributed by atoms with Crippen LogP contribution in [0.1, 0.15) is 5.56 Å². The molecule has 94 valence electrons. The van der Waals surface area contributed by atoms with Crippen LogP contribution in [-0.4, -0.2) is 17.6 Å². The lowest BCUT2D eigenvalue weighted by Crippen LogP contribution is -2.30. The van der Waals surface area contributed by atoms with E-state index in [1.807, 2.05) is 24.3 Å². The lowest BCUT2D eigenvalue weighted by atomic mass is 10.1. The number of nitrogens with zero attached hydrogens (tertiary/aromatic N) is 1. The first-order valence-corrected chi connectivity index (χ1v) is 6.69. The van der Waals surface area contributed by atoms with Gasteiger partial charge in [0.05, 0.1) is 0 Å². The molecule has 2 N–H and O–H groups in total. The van der Waals surface area contributed by atoms with Gasteiger partial charge in [-0.15, -0.1) is 11.3 Å². The van der Waals surface area contributed by atoms with Crippen LogP contribution in [0.4, 0.5) is 9.93 Å². The Morgan fingerprint density at radius 3 is 2.94 bits per heavy atom. The number of hydrogen-bond donors (Lipinski definition) is 2. The molecule has 0 fully saturated rings. The number of anilines is 1. The number of carbonyl (C=O) groups excluding carboxylic acids is 1. The highest BCUT2D eigenvalue weighted by Crippen LogP contribution is 2.14. The fourth-order valence-corrected chi connectivity index (χ4v) is 2.19. The normalized spacial score (nSPS) is 10.1. The van der Waals surface area contributed by atoms with E-state index in [-0.39, 0.29) is 6.03 Å². The van der Waals surface area contributed by atoms with Crippen molar-refractivity contribution >= 4 is 34.1 Å². The van der Waals surface area contributed by atoms with Crippen LogP contribution >= 0.6 is 22.9 Å². The molecule has 0 spiro atoms. The van der Waals surface area contributed by atoms with Crippen molar-refractivity contribution in [3.8, 4) is 0 Å². The van der Waals surface area contributed by atoms with E-state index in [9.17, 15) is 4.79 Å². The number of thiazole rings is 1. The second-order valence-electron chi connectivity index (χ2n) is 3.56. The molecular formula is C12H12ClN3OS. The van der Waals surface area contributed by atoms with Crippen LogP contribution in [0.5, 0.6) is 0 Å². The molecule has 0 aliphatic heterocycles. The van der Waals surface area contributed by atoms with Crippen LogP contribution in [0, 0.1) is 0 Å². The molecule has 6 heteroatoms. The highest BCUT2D eigenvalue weighted by Gasteiger charge is 2.03. The first-order chi connectivity index (χ1) is 8.75. The van der Waals surface area contributed by atoms with E-state index in [2.05, 4.69) is 15.6 Å². The third-order valence-electron chi connectivity index (χ3n) is 2.29. The summed E-state index contributed by atoms with van der Waals surface area (Å²) in [5, 5.41) is 8.52. The van der Waals surface area contributed by atoms with Crippen LogP contribution in [0.2, 0.25) is 5.02 Å². The summed E-state index contributed by atoms with van der Waals surface area (Å²) in [6.07, 6.45) is 2.34. The topological polar surface area (TPSA) is 54.0 Å². The maximum atomic E-state index is 11.5. The maximum absolute atomic E-state index is 11.5. The Labute approximate surface area is 114 Å². The third-order valence-corrected chi connectivity index (χ3v) is 3.35. The number of hydrogen-bond acceptors (Lipinski definition) is 3. The van der Waals surface area contributed by atoms with Crippen molar-refractivity contribution in [1.29, 1.82) is 0 Å². The largest absolute Gasteiger partial charge is 0.337 e. The number of amides is 2. The first kappa shape index (κ1) is 12.9. The summed E-state index contributed by atoms with van der Waals surface area (Å²) in [7, 11) is 0. The van der Waals surface area contributed by atoms with Crippen molar-refractivity contribution in [1.82, 2.24) is 10.3 Å². The number of benzene rings is 1. The van der Waals surface area contributed by atoms with Crippen molar-refractivity contribution in [3.05, 3.63) is 46.4 Å². The lowest BCUT2D eigenvalue weighted by molar-refractivity contribution is 0.252. The molecule has 1 aromatic carbocycles. The van der Waals surface area contributed by atoms with Crippen LogP contribution in [0.3, 0.4) is 0 Å². The van der Waals surface area contributed by atoms with Crippen molar-refractivity contribution in [3.63, 3.8) is 0 Å². The number of nitrogens with one attached hydrogen (secondary N) is 2. The van der Waals surface area contributed by atoms with E-state index in [1.54, 1.807) is 11.6 Å². The predicted molar refractivity (Wildman–Crippen MR) is 74.3 cm³/mol. The molecule has 2 amide bonds. The maximum Gasteiger partial charge on any atom is 0.321 e. The number of halogens is 1. The smallest absolute Gasteiger partial charge is 0.321 e. The Morgan fingerprint density at radius 2 is 2.22 bits per heavy atom. The molecule has 4 nitrogen and oxygen atoms in total. The predicted octanol–water partition coefficient (Wildman–Crippen LogP) is 3.16. The zero-order valence-electron chi connectivity index (χ0n) is 9.52. The zero-order valence-corrected chi connectivity index (χ0v) is 11.1. The van der Waals surface area contributed by atoms with Gasteiger partial charge in [0.2, 0.25) is 0 Å². The van der Waals surface area contributed by atoms with Gasteiger partial charge in [-0.3, -0.25) is 5.32 Å². The van der Waals surface area contributed by atoms with Crippen LogP contribution in [0.25, 0.3) is 0 Å². The fraction of sp³-hybridized carbons (Fsp3) is 0.167. The molecule has 2 rings (SSSR count). The second-order valence-corrected chi connectivity index (χ2v) is 4.86. The Hall–Kier alpha value is -1.59. The number of rotatable bonds is 4. The SMILES string of the molecule is O=C(NCCc1ccccc1Cl)Nc1nccs1. The summed E-state index contributed by atoms with van der Waals surface area (Å²) < 4.78 is 0. The second kappa shape index (κ2) is 6.37. The molecule has 1 heterocycles. The fourth-order valence-electron chi connectivity index (χ4n) is 1.44. The van der Waals surface area contributed by atoms with Gasteiger partial charge in [0.1, 0.15) is 0 Å². The summed E-state index contributed by atoms with van der Waals surface area (Å²) >= 11 is 7.40. The molecule has 0 aliphatic rings. The van der Waals surface area contributed by atoms with Crippen molar-refractivity contribution < 1.29 is 4.79 Å². The average molecular weight is 282 g/mol. The summed E-state index contributed by atoms with van der Waals surface area (Å²) in [5.74, 6) is 0. The Balaban J connectivity index is 1.75. The molecular weight excluding hydrogens is 270 g/mol. The van der Waals surface area contributed by atoms with Crippen molar-refractivity contribution in [2.45, 2.75) is 6.42 Å². The van der Waals surface area contributed by atoms with Gasteiger partial charge in [-0.05, 0) is 18.1 Å². The minimum Gasteiger partial charge on any atom is -0.337 e. The number of urea groups is 1. The summed E-state index contributed by atoms with van der Waals surface area (Å²) in [4.78, 5) is 15.5. The van der Waals surface area contributed by atoms with Gasteiger partial charge < -0.3 is 5.32 Å². The standard InChI is InChI=1S/C12H12ClN3OS/c13-10-4-2-1-3-9(10)5-6-14-11(17)16-12-15-7-8-18-12/h1-4,7-8H,5-6H2,(H2,14,15,16,17). The van der Waals surface area contributed by atoms with Gasteiger partial charge in [0.25, 0.3) is 0 Å². The molecule has 0 saturated carbocycles. The molecule has 0 aliphatic carbocycles. The van der Waals surface area contributed by atoms with Crippen molar-refractivity contribution in [2.24, 2.45) is 0 Å². The Kier molecular flexibility index (Phi) is 4.55. The molecule has 2 aromatic rings. The highest BCUT2D eigenvalue weighted by molar-refractivity contribution is 7.13. The Morgan fingerprint density at radius 1 is 1.39 bits per heavy atom. The van der Waals surface area contributed by atoms with Gasteiger partial charge in [-0.25, -0.2) is 9.78 Å². The minimum atomic E-state index is -0.253. The molecule has 0 radical (unpaired) electrons. The van der Waals surface area contributed by atoms with E-state index < -0.39 is 0 Å². The molecule has 0 saturated heterocycles. The molecule has 1 aromatic heterocycles. The van der Waals surface area contributed by atoms with Gasteiger partial charge in [-0.2, -0.15) is 0 Å². The summed E-state index contributed by atoms with van der Waals surface area (Å²) in [6, 6.07) is 7.35. The van der Waals surface area contributed by atoms with Gasteiger partial charge >= 0.3 is 6.03 Å². The summed E-state index contributed by atoms with van der Waals surface area (Å²) in [5.41, 5.74) is 1.02. The first-order valence-electron chi connectivity index (χ1n) is 5.43. The van der Waals surface area contributed by atoms with Crippen LogP contribution < -0.4 is 10.6 Å². The summed E-state index contributed by atoms with van der Waals surface area (Å²) in [6.45, 7) is 0.529. The molecule has 18 heavy (non-hydrogen) atoms. The number of aromatic nitrogens is 1. The van der Waals surface area contributed by atoms with E-state index in [1.165, 1.54) is 11.3 Å². The number of carbonyl (C=O) groups is 1. The van der Waals surface area contributed by atoms with Gasteiger partial charge in [0, 0.05) is 23.1 Å². The third kappa shape index (κ3) is 3.72. The van der Waals surface area contributed by atoms with Crippen molar-refractivity contribution in [2.75, 3.05) is 11.9 Å².